The summed E-state index contributed by atoms with van der Waals surface area (Å²) in [4.78, 5) is 2.71. The number of nitrogens with two attached hydrogens (primary N) is 1. The lowest BCUT2D eigenvalue weighted by Crippen LogP contribution is -2.47. The molecule has 2 fully saturated rings. The molecule has 0 aromatic carbocycles. The van der Waals surface area contributed by atoms with Crippen LogP contribution in [0.3, 0.4) is 0 Å². The molecule has 0 spiro atoms. The van der Waals surface area contributed by atoms with Gasteiger partial charge in [-0.3, -0.25) is 4.90 Å². The van der Waals surface area contributed by atoms with Gasteiger partial charge < -0.3 is 5.73 Å². The zero-order valence-electron chi connectivity index (χ0n) is 8.92. The first-order chi connectivity index (χ1) is 6.19. The minimum absolute atomic E-state index is 0.436. The minimum atomic E-state index is 0.436. The number of rotatable bonds is 3. The third-order valence-corrected chi connectivity index (χ3v) is 3.89. The third-order valence-electron chi connectivity index (χ3n) is 3.89. The Balaban J connectivity index is 2.05. The molecule has 1 atom stereocenters. The van der Waals surface area contributed by atoms with E-state index in [4.69, 9.17) is 5.73 Å². The summed E-state index contributed by atoms with van der Waals surface area (Å²) in [5.74, 6) is 0.798. The van der Waals surface area contributed by atoms with E-state index in [2.05, 4.69) is 18.7 Å². The van der Waals surface area contributed by atoms with E-state index in [-0.39, 0.29) is 0 Å². The summed E-state index contributed by atoms with van der Waals surface area (Å²) in [7, 11) is 0. The molecule has 76 valence electrons. The maximum absolute atomic E-state index is 5.87. The highest BCUT2D eigenvalue weighted by Gasteiger charge is 2.50. The molecule has 1 saturated heterocycles. The standard InChI is InChI=1S/C11H22N2/c1-9(2)10-4-3-7-13(10)11(8-12)5-6-11/h9-10H,3-8,12H2,1-2H3. The quantitative estimate of drug-likeness (QED) is 0.718. The molecule has 2 N–H and O–H groups in total. The Labute approximate surface area is 81.5 Å². The molecule has 0 bridgehead atoms. The van der Waals surface area contributed by atoms with Crippen LogP contribution in [0.5, 0.6) is 0 Å². The van der Waals surface area contributed by atoms with Crippen molar-refractivity contribution in [2.75, 3.05) is 13.1 Å². The first kappa shape index (κ1) is 9.47. The molecular formula is C11H22N2. The van der Waals surface area contributed by atoms with Gasteiger partial charge in [0.15, 0.2) is 0 Å². The van der Waals surface area contributed by atoms with E-state index in [1.54, 1.807) is 0 Å². The number of nitrogens with zero attached hydrogens (tertiary/aromatic N) is 1. The Morgan fingerprint density at radius 2 is 2.15 bits per heavy atom. The summed E-state index contributed by atoms with van der Waals surface area (Å²) in [5, 5.41) is 0. The van der Waals surface area contributed by atoms with Crippen molar-refractivity contribution in [3.8, 4) is 0 Å². The SMILES string of the molecule is CC(C)C1CCCN1C1(CN)CC1. The summed E-state index contributed by atoms with van der Waals surface area (Å²) < 4.78 is 0. The molecule has 13 heavy (non-hydrogen) atoms. The lowest BCUT2D eigenvalue weighted by Gasteiger charge is -2.34. The van der Waals surface area contributed by atoms with Crippen LogP contribution in [0.4, 0.5) is 0 Å². The van der Waals surface area contributed by atoms with Crippen LogP contribution in [0, 0.1) is 5.92 Å². The van der Waals surface area contributed by atoms with Crippen molar-refractivity contribution in [1.82, 2.24) is 4.90 Å². The summed E-state index contributed by atoms with van der Waals surface area (Å²) in [5.41, 5.74) is 6.31. The highest BCUT2D eigenvalue weighted by molar-refractivity contribution is 5.08. The fourth-order valence-corrected chi connectivity index (χ4v) is 2.83. The molecule has 1 saturated carbocycles. The molecule has 1 heterocycles. The van der Waals surface area contributed by atoms with Gasteiger partial charge in [-0.15, -0.1) is 0 Å². The van der Waals surface area contributed by atoms with Gasteiger partial charge in [-0.05, 0) is 38.1 Å². The van der Waals surface area contributed by atoms with Crippen molar-refractivity contribution in [1.29, 1.82) is 0 Å². The van der Waals surface area contributed by atoms with Crippen molar-refractivity contribution in [3.63, 3.8) is 0 Å². The van der Waals surface area contributed by atoms with E-state index in [1.807, 2.05) is 0 Å². The molecule has 1 aliphatic carbocycles. The smallest absolute Gasteiger partial charge is 0.0336 e. The molecule has 2 aliphatic rings. The van der Waals surface area contributed by atoms with E-state index in [0.717, 1.165) is 18.5 Å². The molecule has 1 unspecified atom stereocenters. The van der Waals surface area contributed by atoms with Gasteiger partial charge >= 0.3 is 0 Å². The van der Waals surface area contributed by atoms with Crippen LogP contribution in [-0.4, -0.2) is 29.6 Å². The normalized spacial score (nSPS) is 32.8. The molecule has 2 heteroatoms. The minimum Gasteiger partial charge on any atom is -0.329 e. The monoisotopic (exact) mass is 182 g/mol. The largest absolute Gasteiger partial charge is 0.329 e. The molecule has 0 aromatic rings. The summed E-state index contributed by atoms with van der Waals surface area (Å²) in [6.07, 6.45) is 5.45. The van der Waals surface area contributed by atoms with Gasteiger partial charge in [0.1, 0.15) is 0 Å². The maximum Gasteiger partial charge on any atom is 0.0336 e. The van der Waals surface area contributed by atoms with E-state index >= 15 is 0 Å². The van der Waals surface area contributed by atoms with Gasteiger partial charge in [0.05, 0.1) is 0 Å². The summed E-state index contributed by atoms with van der Waals surface area (Å²) in [6, 6.07) is 0.811. The Bertz CT molecular complexity index is 185. The van der Waals surface area contributed by atoms with Crippen LogP contribution in [0.25, 0.3) is 0 Å². The van der Waals surface area contributed by atoms with Crippen LogP contribution < -0.4 is 5.73 Å². The van der Waals surface area contributed by atoms with Gasteiger partial charge in [-0.2, -0.15) is 0 Å². The van der Waals surface area contributed by atoms with E-state index < -0.39 is 0 Å². The second-order valence-corrected chi connectivity index (χ2v) is 5.08. The molecular weight excluding hydrogens is 160 g/mol. The predicted octanol–water partition coefficient (Wildman–Crippen LogP) is 1.60. The molecule has 2 nitrogen and oxygen atoms in total. The van der Waals surface area contributed by atoms with Crippen molar-refractivity contribution in [2.45, 2.75) is 51.1 Å². The van der Waals surface area contributed by atoms with Gasteiger partial charge in [-0.1, -0.05) is 13.8 Å². The average Bonchev–Trinajstić information content (AvgIpc) is 2.74. The van der Waals surface area contributed by atoms with Crippen molar-refractivity contribution in [2.24, 2.45) is 11.7 Å². The molecule has 0 aromatic heterocycles. The van der Waals surface area contributed by atoms with Gasteiger partial charge in [0.2, 0.25) is 0 Å². The first-order valence-electron chi connectivity index (χ1n) is 5.66. The van der Waals surface area contributed by atoms with Crippen LogP contribution >= 0.6 is 0 Å². The van der Waals surface area contributed by atoms with Crippen LogP contribution in [0.1, 0.15) is 39.5 Å². The fourth-order valence-electron chi connectivity index (χ4n) is 2.83. The Morgan fingerprint density at radius 1 is 1.46 bits per heavy atom. The lowest BCUT2D eigenvalue weighted by atomic mass is 10.0. The predicted molar refractivity (Wildman–Crippen MR) is 55.6 cm³/mol. The number of likely N-dealkylation sites (tertiary alicyclic amines) is 1. The van der Waals surface area contributed by atoms with Crippen molar-refractivity contribution >= 4 is 0 Å². The van der Waals surface area contributed by atoms with Gasteiger partial charge in [0, 0.05) is 18.1 Å². The zero-order chi connectivity index (χ0) is 9.47. The van der Waals surface area contributed by atoms with Gasteiger partial charge in [0.25, 0.3) is 0 Å². The average molecular weight is 182 g/mol. The number of hydrogen-bond donors (Lipinski definition) is 1. The Kier molecular flexibility index (Phi) is 2.37. The Hall–Kier alpha value is -0.0800. The van der Waals surface area contributed by atoms with Gasteiger partial charge in [-0.25, -0.2) is 0 Å². The maximum atomic E-state index is 5.87. The fraction of sp³-hybridized carbons (Fsp3) is 1.00. The molecule has 2 rings (SSSR count). The Morgan fingerprint density at radius 3 is 2.62 bits per heavy atom. The van der Waals surface area contributed by atoms with Crippen LogP contribution in [-0.2, 0) is 0 Å². The lowest BCUT2D eigenvalue weighted by molar-refractivity contribution is 0.133. The third kappa shape index (κ3) is 1.50. The zero-order valence-corrected chi connectivity index (χ0v) is 8.92. The molecule has 0 radical (unpaired) electrons. The topological polar surface area (TPSA) is 29.3 Å². The van der Waals surface area contributed by atoms with E-state index in [9.17, 15) is 0 Å². The van der Waals surface area contributed by atoms with Crippen LogP contribution in [0.15, 0.2) is 0 Å². The molecule has 1 aliphatic heterocycles. The summed E-state index contributed by atoms with van der Waals surface area (Å²) in [6.45, 7) is 6.85. The van der Waals surface area contributed by atoms with E-state index in [0.29, 0.717) is 5.54 Å². The van der Waals surface area contributed by atoms with E-state index in [1.165, 1.54) is 32.2 Å². The highest BCUT2D eigenvalue weighted by atomic mass is 15.3. The van der Waals surface area contributed by atoms with Crippen molar-refractivity contribution < 1.29 is 0 Å². The molecule has 0 amide bonds. The van der Waals surface area contributed by atoms with Crippen LogP contribution in [0.2, 0.25) is 0 Å². The summed E-state index contributed by atoms with van der Waals surface area (Å²) >= 11 is 0. The second kappa shape index (κ2) is 3.25. The van der Waals surface area contributed by atoms with Crippen molar-refractivity contribution in [3.05, 3.63) is 0 Å². The first-order valence-corrected chi connectivity index (χ1v) is 5.66. The second-order valence-electron chi connectivity index (χ2n) is 5.08. The highest BCUT2D eigenvalue weighted by Crippen LogP contribution is 2.45. The number of hydrogen-bond acceptors (Lipinski definition) is 2.